The third-order valence-corrected chi connectivity index (χ3v) is 2.56. The van der Waals surface area contributed by atoms with Gasteiger partial charge < -0.3 is 0 Å². The highest BCUT2D eigenvalue weighted by molar-refractivity contribution is 7.33. The SMILES string of the molecule is CCC(O[PH](=O)OC(CC)OC(F)(F)F)OC(F)(F)F. The molecule has 0 aromatic carbocycles. The lowest BCUT2D eigenvalue weighted by Crippen LogP contribution is -2.26. The van der Waals surface area contributed by atoms with Gasteiger partial charge in [0.25, 0.3) is 0 Å². The number of hydrogen-bond acceptors (Lipinski definition) is 5. The molecule has 0 aromatic rings. The Hall–Kier alpha value is -0.350. The van der Waals surface area contributed by atoms with Crippen molar-refractivity contribution in [3.8, 4) is 0 Å². The summed E-state index contributed by atoms with van der Waals surface area (Å²) in [6, 6.07) is 0. The Balaban J connectivity index is 4.37. The molecule has 0 N–H and O–H groups in total. The van der Waals surface area contributed by atoms with Crippen molar-refractivity contribution in [3.05, 3.63) is 0 Å². The number of alkyl halides is 6. The predicted octanol–water partition coefficient (Wildman–Crippen LogP) is 3.95. The van der Waals surface area contributed by atoms with Gasteiger partial charge in [-0.1, -0.05) is 13.8 Å². The largest absolute Gasteiger partial charge is 0.524 e. The van der Waals surface area contributed by atoms with E-state index in [1.54, 1.807) is 0 Å². The fraction of sp³-hybridized carbons (Fsp3) is 1.00. The minimum absolute atomic E-state index is 0.337. The average Bonchev–Trinajstić information content (AvgIpc) is 2.23. The molecule has 0 aliphatic heterocycles. The van der Waals surface area contributed by atoms with Gasteiger partial charge in [0.15, 0.2) is 12.6 Å². The summed E-state index contributed by atoms with van der Waals surface area (Å²) in [6.45, 7) is 2.46. The standard InChI is InChI=1S/C8H13F6O5P/c1-3-5(16-7(9,10)11)18-20(15)19-6(4-2)17-8(12,13)14/h5-6,20H,3-4H2,1-2H3. The Morgan fingerprint density at radius 3 is 1.35 bits per heavy atom. The molecular formula is C8H13F6O5P. The molecule has 0 aliphatic carbocycles. The lowest BCUT2D eigenvalue weighted by Gasteiger charge is -2.21. The molecule has 0 rings (SSSR count). The van der Waals surface area contributed by atoms with Crippen LogP contribution < -0.4 is 0 Å². The molecule has 0 spiro atoms. The van der Waals surface area contributed by atoms with Gasteiger partial charge in [-0.25, -0.2) is 0 Å². The zero-order valence-corrected chi connectivity index (χ0v) is 11.4. The summed E-state index contributed by atoms with van der Waals surface area (Å²) in [5, 5.41) is 0. The summed E-state index contributed by atoms with van der Waals surface area (Å²) < 4.78 is 97.9. The van der Waals surface area contributed by atoms with Crippen molar-refractivity contribution in [1.82, 2.24) is 0 Å². The smallest absolute Gasteiger partial charge is 0.280 e. The maximum absolute atomic E-state index is 11.9. The van der Waals surface area contributed by atoms with Crippen molar-refractivity contribution in [1.29, 1.82) is 0 Å². The van der Waals surface area contributed by atoms with E-state index in [2.05, 4.69) is 18.5 Å². The Kier molecular flexibility index (Phi) is 8.04. The minimum atomic E-state index is -5.03. The van der Waals surface area contributed by atoms with Gasteiger partial charge in [0.2, 0.25) is 0 Å². The van der Waals surface area contributed by atoms with E-state index in [-0.39, 0.29) is 12.8 Å². The summed E-state index contributed by atoms with van der Waals surface area (Å²) in [5.41, 5.74) is 0. The van der Waals surface area contributed by atoms with E-state index in [0.29, 0.717) is 0 Å². The molecule has 0 amide bonds. The molecule has 0 saturated carbocycles. The van der Waals surface area contributed by atoms with Gasteiger partial charge in [-0.15, -0.1) is 26.3 Å². The van der Waals surface area contributed by atoms with E-state index in [1.807, 2.05) is 0 Å². The third-order valence-electron chi connectivity index (χ3n) is 1.65. The van der Waals surface area contributed by atoms with Gasteiger partial charge in [0.05, 0.1) is 0 Å². The molecule has 0 aliphatic rings. The van der Waals surface area contributed by atoms with Crippen LogP contribution in [0.25, 0.3) is 0 Å². The number of hydrogen-bond donors (Lipinski definition) is 0. The average molecular weight is 334 g/mol. The number of ether oxygens (including phenoxy) is 2. The van der Waals surface area contributed by atoms with Crippen LogP contribution in [0.5, 0.6) is 0 Å². The summed E-state index contributed by atoms with van der Waals surface area (Å²) in [4.78, 5) is 0. The third kappa shape index (κ3) is 10.4. The second kappa shape index (κ2) is 8.18. The van der Waals surface area contributed by atoms with Crippen molar-refractivity contribution in [2.75, 3.05) is 0 Å². The Morgan fingerprint density at radius 2 is 1.15 bits per heavy atom. The lowest BCUT2D eigenvalue weighted by molar-refractivity contribution is -0.373. The van der Waals surface area contributed by atoms with Gasteiger partial charge in [0, 0.05) is 0 Å². The number of halogens is 6. The fourth-order valence-corrected chi connectivity index (χ4v) is 1.84. The highest BCUT2D eigenvalue weighted by atomic mass is 31.1. The Morgan fingerprint density at radius 1 is 0.850 bits per heavy atom. The van der Waals surface area contributed by atoms with Gasteiger partial charge in [-0.3, -0.25) is 23.1 Å². The van der Waals surface area contributed by atoms with Crippen molar-refractivity contribution >= 4 is 8.25 Å². The van der Waals surface area contributed by atoms with Gasteiger partial charge >= 0.3 is 21.0 Å². The van der Waals surface area contributed by atoms with Crippen LogP contribution in [0.15, 0.2) is 0 Å². The normalized spacial score (nSPS) is 17.8. The highest BCUT2D eigenvalue weighted by Crippen LogP contribution is 2.34. The van der Waals surface area contributed by atoms with Crippen LogP contribution in [0.2, 0.25) is 0 Å². The summed E-state index contributed by atoms with van der Waals surface area (Å²) in [5.74, 6) is 0. The van der Waals surface area contributed by atoms with Gasteiger partial charge in [-0.05, 0) is 12.8 Å². The molecule has 0 radical (unpaired) electrons. The molecule has 0 saturated heterocycles. The van der Waals surface area contributed by atoms with Gasteiger partial charge in [-0.2, -0.15) is 0 Å². The van der Waals surface area contributed by atoms with E-state index < -0.39 is 33.6 Å². The van der Waals surface area contributed by atoms with Crippen LogP contribution in [-0.4, -0.2) is 25.3 Å². The Bertz CT molecular complexity index is 279. The zero-order chi connectivity index (χ0) is 16.0. The molecule has 0 aromatic heterocycles. The van der Waals surface area contributed by atoms with Crippen LogP contribution >= 0.6 is 8.25 Å². The first-order valence-corrected chi connectivity index (χ1v) is 6.55. The van der Waals surface area contributed by atoms with E-state index in [1.165, 1.54) is 13.8 Å². The van der Waals surface area contributed by atoms with E-state index >= 15 is 0 Å². The highest BCUT2D eigenvalue weighted by Gasteiger charge is 2.36. The molecule has 2 atom stereocenters. The fourth-order valence-electron chi connectivity index (χ4n) is 0.922. The van der Waals surface area contributed by atoms with E-state index in [9.17, 15) is 30.9 Å². The van der Waals surface area contributed by atoms with Crippen LogP contribution in [0, 0.1) is 0 Å². The second-order valence-corrected chi connectivity index (χ2v) is 4.26. The maximum Gasteiger partial charge on any atom is 0.524 e. The summed E-state index contributed by atoms with van der Waals surface area (Å²) in [6.07, 6.45) is -14.6. The first-order chi connectivity index (χ1) is 8.96. The van der Waals surface area contributed by atoms with E-state index in [4.69, 9.17) is 0 Å². The molecule has 122 valence electrons. The molecule has 0 heterocycles. The summed E-state index contributed by atoms with van der Waals surface area (Å²) >= 11 is 0. The quantitative estimate of drug-likeness (QED) is 0.382. The topological polar surface area (TPSA) is 54.0 Å². The van der Waals surface area contributed by atoms with Crippen molar-refractivity contribution < 1.29 is 49.4 Å². The minimum Gasteiger partial charge on any atom is -0.280 e. The molecular weight excluding hydrogens is 321 g/mol. The molecule has 20 heavy (non-hydrogen) atoms. The van der Waals surface area contributed by atoms with Crippen molar-refractivity contribution in [2.45, 2.75) is 52.0 Å². The Labute approximate surface area is 111 Å². The number of rotatable bonds is 8. The monoisotopic (exact) mass is 334 g/mol. The van der Waals surface area contributed by atoms with Crippen LogP contribution in [0.1, 0.15) is 26.7 Å². The molecule has 12 heteroatoms. The predicted molar refractivity (Wildman–Crippen MR) is 53.6 cm³/mol. The first kappa shape index (κ1) is 19.7. The first-order valence-electron chi connectivity index (χ1n) is 5.33. The molecule has 5 nitrogen and oxygen atoms in total. The molecule has 0 bridgehead atoms. The van der Waals surface area contributed by atoms with E-state index in [0.717, 1.165) is 0 Å². The van der Waals surface area contributed by atoms with Gasteiger partial charge in [0.1, 0.15) is 0 Å². The zero-order valence-electron chi connectivity index (χ0n) is 10.4. The van der Waals surface area contributed by atoms with Crippen molar-refractivity contribution in [3.63, 3.8) is 0 Å². The maximum atomic E-state index is 11.9. The van der Waals surface area contributed by atoms with Crippen molar-refractivity contribution in [2.24, 2.45) is 0 Å². The summed E-state index contributed by atoms with van der Waals surface area (Å²) in [7, 11) is -3.65. The second-order valence-electron chi connectivity index (χ2n) is 3.29. The van der Waals surface area contributed by atoms with Crippen LogP contribution in [-0.2, 0) is 23.1 Å². The lowest BCUT2D eigenvalue weighted by atomic mass is 10.5. The van der Waals surface area contributed by atoms with Crippen LogP contribution in [0.3, 0.4) is 0 Å². The molecule has 0 fully saturated rings. The van der Waals surface area contributed by atoms with Crippen LogP contribution in [0.4, 0.5) is 26.3 Å². The molecule has 2 unspecified atom stereocenters.